The van der Waals surface area contributed by atoms with Gasteiger partial charge in [0.25, 0.3) is 0 Å². The van der Waals surface area contributed by atoms with Crippen LogP contribution in [0.1, 0.15) is 90.1 Å². The molecule has 2 aromatic rings. The standard InChI is InChI=1S/C25H37N3O4/c1-5-6-7-8-9-10-11-18-12-14-19(15-13-18)22-26-23(32-27-22)21-16-20(29)17-28(21)24(30)31-25(2,3)4/h12-15,20-21,29H,5-11,16-17H2,1-4H3/t20-,21-/m0/s1. The van der Waals surface area contributed by atoms with E-state index in [0.717, 1.165) is 12.0 Å². The number of aliphatic hydroxyl groups excluding tert-OH is 1. The molecule has 1 aliphatic heterocycles. The first-order valence-electron chi connectivity index (χ1n) is 11.9. The fraction of sp³-hybridized carbons (Fsp3) is 0.640. The Labute approximate surface area is 191 Å². The molecule has 0 spiro atoms. The second kappa shape index (κ2) is 10.9. The number of hydrogen-bond donors (Lipinski definition) is 1. The lowest BCUT2D eigenvalue weighted by Gasteiger charge is -2.26. The van der Waals surface area contributed by atoms with Gasteiger partial charge in [0.2, 0.25) is 11.7 Å². The summed E-state index contributed by atoms with van der Waals surface area (Å²) in [4.78, 5) is 18.6. The minimum absolute atomic E-state index is 0.185. The van der Waals surface area contributed by atoms with Crippen molar-refractivity contribution < 1.29 is 19.2 Å². The van der Waals surface area contributed by atoms with Crippen molar-refractivity contribution in [2.75, 3.05) is 6.54 Å². The lowest BCUT2D eigenvalue weighted by Crippen LogP contribution is -2.37. The summed E-state index contributed by atoms with van der Waals surface area (Å²) in [5, 5.41) is 14.2. The Bertz CT molecular complexity index is 857. The molecule has 1 aromatic heterocycles. The maximum absolute atomic E-state index is 12.6. The number of unbranched alkanes of at least 4 members (excludes halogenated alkanes) is 5. The van der Waals surface area contributed by atoms with E-state index in [0.29, 0.717) is 18.1 Å². The number of amides is 1. The van der Waals surface area contributed by atoms with Gasteiger partial charge in [0, 0.05) is 12.0 Å². The number of aryl methyl sites for hydroxylation is 1. The van der Waals surface area contributed by atoms with Crippen molar-refractivity contribution in [1.82, 2.24) is 15.0 Å². The molecule has 0 radical (unpaired) electrons. The summed E-state index contributed by atoms with van der Waals surface area (Å²) in [6.07, 6.45) is 8.02. The normalized spacial score (nSPS) is 18.8. The van der Waals surface area contributed by atoms with Crippen molar-refractivity contribution in [3.8, 4) is 11.4 Å². The molecule has 0 unspecified atom stereocenters. The van der Waals surface area contributed by atoms with E-state index in [4.69, 9.17) is 9.26 Å². The van der Waals surface area contributed by atoms with Gasteiger partial charge < -0.3 is 14.4 Å². The zero-order valence-corrected chi connectivity index (χ0v) is 19.8. The Morgan fingerprint density at radius 1 is 1.16 bits per heavy atom. The topological polar surface area (TPSA) is 88.7 Å². The quantitative estimate of drug-likeness (QED) is 0.501. The van der Waals surface area contributed by atoms with Crippen molar-refractivity contribution in [2.24, 2.45) is 0 Å². The van der Waals surface area contributed by atoms with Crippen molar-refractivity contribution in [3.63, 3.8) is 0 Å². The van der Waals surface area contributed by atoms with Crippen LogP contribution in [0.4, 0.5) is 4.79 Å². The summed E-state index contributed by atoms with van der Waals surface area (Å²) in [5.74, 6) is 0.801. The smallest absolute Gasteiger partial charge is 0.411 e. The van der Waals surface area contributed by atoms with E-state index in [1.807, 2.05) is 32.9 Å². The van der Waals surface area contributed by atoms with Gasteiger partial charge in [-0.3, -0.25) is 4.90 Å². The van der Waals surface area contributed by atoms with Gasteiger partial charge in [0.1, 0.15) is 11.6 Å². The van der Waals surface area contributed by atoms with E-state index in [1.165, 1.54) is 49.0 Å². The zero-order chi connectivity index (χ0) is 23.1. The van der Waals surface area contributed by atoms with Crippen LogP contribution in [0.15, 0.2) is 28.8 Å². The van der Waals surface area contributed by atoms with Gasteiger partial charge in [-0.05, 0) is 39.2 Å². The molecular formula is C25H37N3O4. The Kier molecular flexibility index (Phi) is 8.29. The number of hydrogen-bond acceptors (Lipinski definition) is 6. The highest BCUT2D eigenvalue weighted by Crippen LogP contribution is 2.33. The van der Waals surface area contributed by atoms with Crippen LogP contribution < -0.4 is 0 Å². The molecule has 0 bridgehead atoms. The second-order valence-electron chi connectivity index (χ2n) is 9.71. The van der Waals surface area contributed by atoms with Gasteiger partial charge >= 0.3 is 6.09 Å². The van der Waals surface area contributed by atoms with Crippen LogP contribution in [0.2, 0.25) is 0 Å². The van der Waals surface area contributed by atoms with E-state index in [9.17, 15) is 9.90 Å². The number of carbonyl (C=O) groups excluding carboxylic acids is 1. The number of nitrogens with zero attached hydrogens (tertiary/aromatic N) is 3. The third kappa shape index (κ3) is 6.79. The molecule has 2 atom stereocenters. The molecule has 1 fully saturated rings. The molecule has 3 rings (SSSR count). The molecular weight excluding hydrogens is 406 g/mol. The van der Waals surface area contributed by atoms with Crippen LogP contribution in [-0.4, -0.2) is 44.5 Å². The number of benzene rings is 1. The fourth-order valence-electron chi connectivity index (χ4n) is 3.99. The molecule has 7 nitrogen and oxygen atoms in total. The molecule has 1 aliphatic rings. The van der Waals surface area contributed by atoms with Crippen LogP contribution in [0.25, 0.3) is 11.4 Å². The summed E-state index contributed by atoms with van der Waals surface area (Å²) in [5.41, 5.74) is 1.56. The highest BCUT2D eigenvalue weighted by Gasteiger charge is 2.40. The number of rotatable bonds is 9. The zero-order valence-electron chi connectivity index (χ0n) is 19.8. The number of aliphatic hydroxyl groups is 1. The highest BCUT2D eigenvalue weighted by molar-refractivity contribution is 5.69. The minimum atomic E-state index is -0.649. The first-order chi connectivity index (χ1) is 15.3. The number of carbonyl (C=O) groups is 1. The molecule has 1 aromatic carbocycles. The average molecular weight is 444 g/mol. The van der Waals surface area contributed by atoms with E-state index >= 15 is 0 Å². The summed E-state index contributed by atoms with van der Waals surface area (Å²) >= 11 is 0. The lowest BCUT2D eigenvalue weighted by atomic mass is 10.0. The molecule has 1 saturated heterocycles. The summed E-state index contributed by atoms with van der Waals surface area (Å²) in [6, 6.07) is 7.76. The minimum Gasteiger partial charge on any atom is -0.444 e. The van der Waals surface area contributed by atoms with Crippen molar-refractivity contribution in [1.29, 1.82) is 0 Å². The van der Waals surface area contributed by atoms with E-state index in [2.05, 4.69) is 29.2 Å². The first kappa shape index (κ1) is 24.2. The molecule has 7 heteroatoms. The van der Waals surface area contributed by atoms with E-state index in [-0.39, 0.29) is 6.54 Å². The number of ether oxygens (including phenoxy) is 1. The number of likely N-dealkylation sites (tertiary alicyclic amines) is 1. The fourth-order valence-corrected chi connectivity index (χ4v) is 3.99. The maximum atomic E-state index is 12.6. The Morgan fingerprint density at radius 3 is 2.53 bits per heavy atom. The third-order valence-corrected chi connectivity index (χ3v) is 5.66. The van der Waals surface area contributed by atoms with Gasteiger partial charge in [-0.15, -0.1) is 0 Å². The average Bonchev–Trinajstić information content (AvgIpc) is 3.37. The molecule has 0 saturated carbocycles. The van der Waals surface area contributed by atoms with Gasteiger partial charge in [0.15, 0.2) is 0 Å². The third-order valence-electron chi connectivity index (χ3n) is 5.66. The van der Waals surface area contributed by atoms with E-state index in [1.54, 1.807) is 0 Å². The number of β-amino-alcohol motifs (C(OH)–C–C–N with tert-alkyl or cyclic N) is 1. The van der Waals surface area contributed by atoms with E-state index < -0.39 is 23.8 Å². The van der Waals surface area contributed by atoms with Crippen molar-refractivity contribution in [2.45, 2.75) is 96.8 Å². The molecule has 1 N–H and O–H groups in total. The number of aromatic nitrogens is 2. The van der Waals surface area contributed by atoms with Gasteiger partial charge in [-0.25, -0.2) is 4.79 Å². The lowest BCUT2D eigenvalue weighted by molar-refractivity contribution is 0.0184. The molecule has 2 heterocycles. The Hall–Kier alpha value is -2.41. The monoisotopic (exact) mass is 443 g/mol. The Balaban J connectivity index is 1.60. The maximum Gasteiger partial charge on any atom is 0.411 e. The predicted octanol–water partition coefficient (Wildman–Crippen LogP) is 5.68. The van der Waals surface area contributed by atoms with Crippen LogP contribution in [0, 0.1) is 0 Å². The van der Waals surface area contributed by atoms with Gasteiger partial charge in [-0.2, -0.15) is 4.98 Å². The molecule has 176 valence electrons. The second-order valence-corrected chi connectivity index (χ2v) is 9.71. The SMILES string of the molecule is CCCCCCCCc1ccc(-c2noc([C@@H]3C[C@H](O)CN3C(=O)OC(C)(C)C)n2)cc1. The van der Waals surface area contributed by atoms with Crippen molar-refractivity contribution >= 4 is 6.09 Å². The summed E-state index contributed by atoms with van der Waals surface area (Å²) < 4.78 is 11.0. The van der Waals surface area contributed by atoms with Crippen molar-refractivity contribution in [3.05, 3.63) is 35.7 Å². The predicted molar refractivity (Wildman–Crippen MR) is 123 cm³/mol. The van der Waals surface area contributed by atoms with Crippen LogP contribution in [0.5, 0.6) is 0 Å². The highest BCUT2D eigenvalue weighted by atomic mass is 16.6. The van der Waals surface area contributed by atoms with Crippen LogP contribution >= 0.6 is 0 Å². The van der Waals surface area contributed by atoms with Gasteiger partial charge in [0.05, 0.1) is 12.6 Å². The van der Waals surface area contributed by atoms with Crippen LogP contribution in [-0.2, 0) is 11.2 Å². The molecule has 32 heavy (non-hydrogen) atoms. The molecule has 0 aliphatic carbocycles. The largest absolute Gasteiger partial charge is 0.444 e. The van der Waals surface area contributed by atoms with Gasteiger partial charge in [-0.1, -0.05) is 68.4 Å². The summed E-state index contributed by atoms with van der Waals surface area (Å²) in [7, 11) is 0. The summed E-state index contributed by atoms with van der Waals surface area (Å²) in [6.45, 7) is 7.86. The first-order valence-corrected chi connectivity index (χ1v) is 11.9. The van der Waals surface area contributed by atoms with Crippen LogP contribution in [0.3, 0.4) is 0 Å². The Morgan fingerprint density at radius 2 is 1.84 bits per heavy atom. The molecule has 1 amide bonds.